The zero-order valence-electron chi connectivity index (χ0n) is 5.98. The Morgan fingerprint density at radius 3 is 1.38 bits per heavy atom. The van der Waals surface area contributed by atoms with Gasteiger partial charge in [-0.1, -0.05) is 6.58 Å². The normalized spacial score (nSPS) is 11.2. The van der Waals surface area contributed by atoms with Crippen LogP contribution in [0.15, 0.2) is 12.7 Å². The summed E-state index contributed by atoms with van der Waals surface area (Å²) in [6.07, 6.45) is -7.78. The van der Waals surface area contributed by atoms with Crippen LogP contribution in [0.1, 0.15) is 0 Å². The summed E-state index contributed by atoms with van der Waals surface area (Å²) in [6.45, 7) is 2.33. The van der Waals surface area contributed by atoms with Crippen molar-refractivity contribution in [1.82, 2.24) is 0 Å². The van der Waals surface area contributed by atoms with E-state index in [4.69, 9.17) is 15.0 Å². The summed E-state index contributed by atoms with van der Waals surface area (Å²) in [7, 11) is 0. The largest absolute Gasteiger partial charge is 0.503 e. The second-order valence-corrected chi connectivity index (χ2v) is 1.61. The first kappa shape index (κ1) is 14.2. The van der Waals surface area contributed by atoms with Gasteiger partial charge in [-0.2, -0.15) is 22.0 Å². The van der Waals surface area contributed by atoms with Crippen molar-refractivity contribution in [1.29, 1.82) is 0 Å². The number of carboxylic acid groups (broad SMARTS) is 2. The molecule has 0 spiro atoms. The molecule has 0 saturated heterocycles. The maximum Gasteiger partial charge on any atom is 0.503 e. The quantitative estimate of drug-likeness (QED) is 0.514. The molecule has 0 unspecified atom stereocenters. The molecular weight excluding hydrogens is 203 g/mol. The van der Waals surface area contributed by atoms with Gasteiger partial charge in [0, 0.05) is 0 Å². The number of halogens is 5. The van der Waals surface area contributed by atoms with Crippen molar-refractivity contribution in [3.8, 4) is 0 Å². The van der Waals surface area contributed by atoms with Gasteiger partial charge < -0.3 is 10.2 Å². The minimum absolute atomic E-state index is 0.438. The average molecular weight is 208 g/mol. The number of hydrogen-bond donors (Lipinski definition) is 2. The van der Waals surface area contributed by atoms with Crippen LogP contribution in [0.2, 0.25) is 0 Å². The van der Waals surface area contributed by atoms with Crippen LogP contribution in [0.25, 0.3) is 0 Å². The van der Waals surface area contributed by atoms with Gasteiger partial charge in [0.05, 0.1) is 0 Å². The third-order valence-corrected chi connectivity index (χ3v) is 0.634. The third-order valence-electron chi connectivity index (χ3n) is 0.634. The van der Waals surface area contributed by atoms with Crippen LogP contribution in [0.5, 0.6) is 0 Å². The Hall–Kier alpha value is -1.34. The molecular formula is C5H5F5O3. The zero-order valence-corrected chi connectivity index (χ0v) is 5.98. The lowest BCUT2D eigenvalue weighted by Gasteiger charge is -2.13. The van der Waals surface area contributed by atoms with E-state index >= 15 is 0 Å². The molecule has 0 heterocycles. The van der Waals surface area contributed by atoms with Crippen molar-refractivity contribution in [2.24, 2.45) is 0 Å². The van der Waals surface area contributed by atoms with Crippen molar-refractivity contribution >= 4 is 6.16 Å². The molecule has 0 saturated carbocycles. The maximum atomic E-state index is 11.4. The van der Waals surface area contributed by atoms with Crippen molar-refractivity contribution in [2.45, 2.75) is 12.1 Å². The van der Waals surface area contributed by atoms with E-state index in [1.165, 1.54) is 0 Å². The monoisotopic (exact) mass is 208 g/mol. The Kier molecular flexibility index (Phi) is 5.06. The molecule has 0 aliphatic heterocycles. The molecule has 0 radical (unpaired) electrons. The van der Waals surface area contributed by atoms with Crippen LogP contribution in [0, 0.1) is 0 Å². The van der Waals surface area contributed by atoms with Crippen LogP contribution in [-0.2, 0) is 0 Å². The van der Waals surface area contributed by atoms with E-state index in [1.807, 2.05) is 0 Å². The standard InChI is InChI=1S/C4H3F5.CH2O3/c1-2-3(5,6)4(7,8)9;2-1(3)4/h2H,1H2;(H2,2,3,4). The molecule has 0 aliphatic rings. The number of carbonyl (C=O) groups is 1. The van der Waals surface area contributed by atoms with Gasteiger partial charge in [0.15, 0.2) is 0 Å². The summed E-state index contributed by atoms with van der Waals surface area (Å²) < 4.78 is 55.9. The summed E-state index contributed by atoms with van der Waals surface area (Å²) in [4.78, 5) is 8.56. The molecule has 0 aromatic rings. The second kappa shape index (κ2) is 4.63. The van der Waals surface area contributed by atoms with Gasteiger partial charge >= 0.3 is 18.3 Å². The van der Waals surface area contributed by atoms with Crippen molar-refractivity contribution < 1.29 is 37.0 Å². The van der Waals surface area contributed by atoms with E-state index in [0.29, 0.717) is 0 Å². The molecule has 78 valence electrons. The molecule has 0 bridgehead atoms. The highest BCUT2D eigenvalue weighted by Crippen LogP contribution is 2.35. The van der Waals surface area contributed by atoms with Crippen LogP contribution < -0.4 is 0 Å². The molecule has 0 fully saturated rings. The fraction of sp³-hybridized carbons (Fsp3) is 0.400. The Balaban J connectivity index is 0. The number of hydrogen-bond acceptors (Lipinski definition) is 1. The van der Waals surface area contributed by atoms with Crippen LogP contribution >= 0.6 is 0 Å². The number of allylic oxidation sites excluding steroid dienone is 1. The van der Waals surface area contributed by atoms with E-state index < -0.39 is 24.3 Å². The summed E-state index contributed by atoms with van der Waals surface area (Å²) in [5.74, 6) is -4.76. The van der Waals surface area contributed by atoms with E-state index in [9.17, 15) is 22.0 Å². The van der Waals surface area contributed by atoms with Gasteiger partial charge in [-0.25, -0.2) is 4.79 Å². The van der Waals surface area contributed by atoms with E-state index in [1.54, 1.807) is 0 Å². The second-order valence-electron chi connectivity index (χ2n) is 1.61. The lowest BCUT2D eigenvalue weighted by Crippen LogP contribution is -2.33. The van der Waals surface area contributed by atoms with E-state index in [-0.39, 0.29) is 0 Å². The van der Waals surface area contributed by atoms with Gasteiger partial charge in [0.2, 0.25) is 0 Å². The molecule has 0 aliphatic carbocycles. The molecule has 0 amide bonds. The van der Waals surface area contributed by atoms with Gasteiger partial charge in [-0.15, -0.1) is 0 Å². The van der Waals surface area contributed by atoms with Gasteiger partial charge in [-0.05, 0) is 6.08 Å². The Morgan fingerprint density at radius 1 is 1.15 bits per heavy atom. The summed E-state index contributed by atoms with van der Waals surface area (Å²) in [6, 6.07) is 0. The summed E-state index contributed by atoms with van der Waals surface area (Å²) in [5.41, 5.74) is 0. The van der Waals surface area contributed by atoms with Crippen molar-refractivity contribution in [3.05, 3.63) is 12.7 Å². The minimum atomic E-state index is -5.51. The zero-order chi connectivity index (χ0) is 11.3. The minimum Gasteiger partial charge on any atom is -0.450 e. The lowest BCUT2D eigenvalue weighted by atomic mass is 10.3. The predicted molar refractivity (Wildman–Crippen MR) is 31.9 cm³/mol. The van der Waals surface area contributed by atoms with Gasteiger partial charge in [-0.3, -0.25) is 0 Å². The first-order valence-corrected chi connectivity index (χ1v) is 2.54. The van der Waals surface area contributed by atoms with Crippen LogP contribution in [0.3, 0.4) is 0 Å². The summed E-state index contributed by atoms with van der Waals surface area (Å²) >= 11 is 0. The maximum absolute atomic E-state index is 11.4. The number of rotatable bonds is 1. The highest BCUT2D eigenvalue weighted by atomic mass is 19.4. The van der Waals surface area contributed by atoms with Crippen LogP contribution in [0.4, 0.5) is 26.7 Å². The lowest BCUT2D eigenvalue weighted by molar-refractivity contribution is -0.259. The molecule has 0 atom stereocenters. The van der Waals surface area contributed by atoms with Crippen LogP contribution in [-0.4, -0.2) is 28.5 Å². The van der Waals surface area contributed by atoms with Gasteiger partial charge in [0.1, 0.15) is 0 Å². The Bertz CT molecular complexity index is 181. The molecule has 2 N–H and O–H groups in total. The van der Waals surface area contributed by atoms with Gasteiger partial charge in [0.25, 0.3) is 0 Å². The molecule has 0 aromatic heterocycles. The molecule has 13 heavy (non-hydrogen) atoms. The predicted octanol–water partition coefficient (Wildman–Crippen LogP) is 2.59. The molecule has 0 aromatic carbocycles. The average Bonchev–Trinajstić information content (AvgIpc) is 1.84. The topological polar surface area (TPSA) is 57.5 Å². The fourth-order valence-electron chi connectivity index (χ4n) is 0.116. The molecule has 0 rings (SSSR count). The Morgan fingerprint density at radius 2 is 1.38 bits per heavy atom. The van der Waals surface area contributed by atoms with Crippen molar-refractivity contribution in [3.63, 3.8) is 0 Å². The fourth-order valence-corrected chi connectivity index (χ4v) is 0.116. The SMILES string of the molecule is C=CC(F)(F)C(F)(F)F.O=C(O)O. The van der Waals surface area contributed by atoms with Crippen molar-refractivity contribution in [2.75, 3.05) is 0 Å². The Labute approximate surface area is 69.1 Å². The van der Waals surface area contributed by atoms with E-state index in [0.717, 1.165) is 0 Å². The highest BCUT2D eigenvalue weighted by Gasteiger charge is 2.54. The third kappa shape index (κ3) is 7.04. The number of alkyl halides is 5. The first-order valence-electron chi connectivity index (χ1n) is 2.54. The molecule has 3 nitrogen and oxygen atoms in total. The summed E-state index contributed by atoms with van der Waals surface area (Å²) in [5, 5.41) is 13.9. The molecule has 8 heteroatoms. The smallest absolute Gasteiger partial charge is 0.450 e. The first-order chi connectivity index (χ1) is 5.54. The highest BCUT2D eigenvalue weighted by molar-refractivity contribution is 5.53. The van der Waals surface area contributed by atoms with E-state index in [2.05, 4.69) is 6.58 Å².